The zero-order valence-corrected chi connectivity index (χ0v) is 10.1. The third-order valence-electron chi connectivity index (χ3n) is 2.01. The molecule has 0 saturated carbocycles. The molecule has 0 amide bonds. The van der Waals surface area contributed by atoms with Crippen LogP contribution >= 0.6 is 27.5 Å². The van der Waals surface area contributed by atoms with Crippen LogP contribution < -0.4 is 5.73 Å². The highest BCUT2D eigenvalue weighted by atomic mass is 79.9. The van der Waals surface area contributed by atoms with Gasteiger partial charge in [0.25, 0.3) is 0 Å². The molecule has 0 spiro atoms. The number of benzene rings is 1. The van der Waals surface area contributed by atoms with Gasteiger partial charge >= 0.3 is 0 Å². The van der Waals surface area contributed by atoms with Gasteiger partial charge < -0.3 is 5.73 Å². The van der Waals surface area contributed by atoms with E-state index in [1.165, 1.54) is 0 Å². The van der Waals surface area contributed by atoms with Gasteiger partial charge in [-0.3, -0.25) is 4.98 Å². The number of nitrogen functional groups attached to an aromatic ring is 1. The summed E-state index contributed by atoms with van der Waals surface area (Å²) in [7, 11) is 0. The molecule has 0 aliphatic heterocycles. The van der Waals surface area contributed by atoms with Gasteiger partial charge in [-0.1, -0.05) is 23.7 Å². The second kappa shape index (κ2) is 4.21. The minimum absolute atomic E-state index is 0.667. The summed E-state index contributed by atoms with van der Waals surface area (Å²) < 4.78 is 0.799. The van der Waals surface area contributed by atoms with Crippen LogP contribution in [-0.2, 0) is 0 Å². The molecule has 0 radical (unpaired) electrons. The predicted molar refractivity (Wildman–Crippen MR) is 66.8 cm³/mol. The number of rotatable bonds is 1. The van der Waals surface area contributed by atoms with E-state index in [4.69, 9.17) is 17.3 Å². The number of hydrogen-bond donors (Lipinski definition) is 1. The lowest BCUT2D eigenvalue weighted by Crippen LogP contribution is -1.90. The van der Waals surface area contributed by atoms with Crippen molar-refractivity contribution in [1.82, 2.24) is 4.98 Å². The van der Waals surface area contributed by atoms with Crippen molar-refractivity contribution in [2.24, 2.45) is 0 Å². The molecule has 0 atom stereocenters. The van der Waals surface area contributed by atoms with E-state index in [-0.39, 0.29) is 0 Å². The van der Waals surface area contributed by atoms with Crippen LogP contribution in [0.15, 0.2) is 41.0 Å². The normalized spacial score (nSPS) is 10.3. The van der Waals surface area contributed by atoms with Crippen molar-refractivity contribution in [3.63, 3.8) is 0 Å². The Balaban J connectivity index is 2.50. The first-order valence-electron chi connectivity index (χ1n) is 4.34. The lowest BCUT2D eigenvalue weighted by atomic mass is 10.1. The molecule has 15 heavy (non-hydrogen) atoms. The van der Waals surface area contributed by atoms with Crippen LogP contribution in [0.2, 0.25) is 5.02 Å². The van der Waals surface area contributed by atoms with E-state index < -0.39 is 0 Å². The van der Waals surface area contributed by atoms with Gasteiger partial charge in [-0.15, -0.1) is 0 Å². The van der Waals surface area contributed by atoms with Crippen LogP contribution in [0.25, 0.3) is 11.3 Å². The number of anilines is 1. The summed E-state index contributed by atoms with van der Waals surface area (Å²) in [5, 5.41) is 0.691. The minimum Gasteiger partial charge on any atom is -0.398 e. The smallest absolute Gasteiger partial charge is 0.0723 e. The van der Waals surface area contributed by atoms with Crippen LogP contribution in [0.4, 0.5) is 5.69 Å². The molecular weight excluding hydrogens is 275 g/mol. The highest BCUT2D eigenvalue weighted by Crippen LogP contribution is 2.25. The summed E-state index contributed by atoms with van der Waals surface area (Å²) in [6.07, 6.45) is 1.69. The molecule has 1 aromatic heterocycles. The average Bonchev–Trinajstić information content (AvgIpc) is 2.22. The van der Waals surface area contributed by atoms with Gasteiger partial charge in [-0.25, -0.2) is 0 Å². The highest BCUT2D eigenvalue weighted by Gasteiger charge is 2.02. The molecule has 1 heterocycles. The van der Waals surface area contributed by atoms with Gasteiger partial charge in [-0.05, 0) is 34.1 Å². The summed E-state index contributed by atoms with van der Waals surface area (Å²) in [4.78, 5) is 4.26. The molecule has 0 saturated heterocycles. The fraction of sp³-hybridized carbons (Fsp3) is 0. The van der Waals surface area contributed by atoms with Crippen molar-refractivity contribution in [3.05, 3.63) is 46.0 Å². The van der Waals surface area contributed by atoms with Crippen LogP contribution in [0.3, 0.4) is 0 Å². The fourth-order valence-electron chi connectivity index (χ4n) is 1.26. The Morgan fingerprint density at radius 3 is 2.73 bits per heavy atom. The number of nitrogens with zero attached hydrogens (tertiary/aromatic N) is 1. The molecule has 1 aromatic carbocycles. The Morgan fingerprint density at radius 1 is 1.27 bits per heavy atom. The standard InChI is InChI=1S/C11H8BrClN2/c12-9-6-15-11(5-10(9)14)7-2-1-3-8(13)4-7/h1-6H,(H2,14,15). The Labute approximate surface area is 101 Å². The molecule has 4 heteroatoms. The number of aromatic nitrogens is 1. The Kier molecular flexibility index (Phi) is 2.93. The van der Waals surface area contributed by atoms with Crippen molar-refractivity contribution in [3.8, 4) is 11.3 Å². The summed E-state index contributed by atoms with van der Waals surface area (Å²) in [5.41, 5.74) is 8.22. The number of halogens is 2. The number of pyridine rings is 1. The topological polar surface area (TPSA) is 38.9 Å². The second-order valence-electron chi connectivity index (χ2n) is 3.10. The van der Waals surface area contributed by atoms with Crippen molar-refractivity contribution in [2.75, 3.05) is 5.73 Å². The van der Waals surface area contributed by atoms with Gasteiger partial charge in [0.2, 0.25) is 0 Å². The van der Waals surface area contributed by atoms with E-state index in [2.05, 4.69) is 20.9 Å². The Morgan fingerprint density at radius 2 is 2.07 bits per heavy atom. The van der Waals surface area contributed by atoms with Crippen molar-refractivity contribution in [2.45, 2.75) is 0 Å². The lowest BCUT2D eigenvalue weighted by molar-refractivity contribution is 1.31. The van der Waals surface area contributed by atoms with Gasteiger partial charge in [-0.2, -0.15) is 0 Å². The molecule has 0 unspecified atom stereocenters. The van der Waals surface area contributed by atoms with Gasteiger partial charge in [0.05, 0.1) is 10.2 Å². The quantitative estimate of drug-likeness (QED) is 0.866. The van der Waals surface area contributed by atoms with Crippen LogP contribution in [-0.4, -0.2) is 4.98 Å². The maximum atomic E-state index is 5.90. The highest BCUT2D eigenvalue weighted by molar-refractivity contribution is 9.10. The Bertz CT molecular complexity index is 500. The molecule has 0 aliphatic carbocycles. The van der Waals surface area contributed by atoms with Crippen molar-refractivity contribution >= 4 is 33.2 Å². The molecule has 0 bridgehead atoms. The molecule has 2 rings (SSSR count). The van der Waals surface area contributed by atoms with E-state index in [0.29, 0.717) is 10.7 Å². The van der Waals surface area contributed by atoms with Crippen LogP contribution in [0.5, 0.6) is 0 Å². The summed E-state index contributed by atoms with van der Waals surface area (Å²) in [6.45, 7) is 0. The zero-order chi connectivity index (χ0) is 10.8. The van der Waals surface area contributed by atoms with E-state index in [1.807, 2.05) is 30.3 Å². The average molecular weight is 284 g/mol. The third kappa shape index (κ3) is 2.30. The monoisotopic (exact) mass is 282 g/mol. The van der Waals surface area contributed by atoms with E-state index >= 15 is 0 Å². The van der Waals surface area contributed by atoms with Crippen LogP contribution in [0.1, 0.15) is 0 Å². The van der Waals surface area contributed by atoms with Gasteiger partial charge in [0.1, 0.15) is 0 Å². The predicted octanol–water partition coefficient (Wildman–Crippen LogP) is 3.75. The zero-order valence-electron chi connectivity index (χ0n) is 7.74. The number of hydrogen-bond acceptors (Lipinski definition) is 2. The summed E-state index contributed by atoms with van der Waals surface area (Å²) in [6, 6.07) is 9.33. The summed E-state index contributed by atoms with van der Waals surface area (Å²) in [5.74, 6) is 0. The SMILES string of the molecule is Nc1cc(-c2cccc(Cl)c2)ncc1Br. The number of nitrogens with two attached hydrogens (primary N) is 1. The van der Waals surface area contributed by atoms with Gasteiger partial charge in [0, 0.05) is 22.5 Å². The first kappa shape index (κ1) is 10.5. The molecule has 2 N–H and O–H groups in total. The minimum atomic E-state index is 0.667. The second-order valence-corrected chi connectivity index (χ2v) is 4.39. The molecule has 2 nitrogen and oxygen atoms in total. The van der Waals surface area contributed by atoms with Crippen LogP contribution in [0, 0.1) is 0 Å². The maximum Gasteiger partial charge on any atom is 0.0723 e. The van der Waals surface area contributed by atoms with E-state index in [9.17, 15) is 0 Å². The summed E-state index contributed by atoms with van der Waals surface area (Å²) >= 11 is 9.20. The molecule has 0 aliphatic rings. The van der Waals surface area contributed by atoms with Gasteiger partial charge in [0.15, 0.2) is 0 Å². The first-order valence-corrected chi connectivity index (χ1v) is 5.51. The van der Waals surface area contributed by atoms with Crippen molar-refractivity contribution in [1.29, 1.82) is 0 Å². The molecule has 76 valence electrons. The fourth-order valence-corrected chi connectivity index (χ4v) is 1.67. The molecule has 2 aromatic rings. The van der Waals surface area contributed by atoms with E-state index in [1.54, 1.807) is 6.20 Å². The molecular formula is C11H8BrClN2. The lowest BCUT2D eigenvalue weighted by Gasteiger charge is -2.03. The van der Waals surface area contributed by atoms with E-state index in [0.717, 1.165) is 15.7 Å². The Hall–Kier alpha value is -1.06. The maximum absolute atomic E-state index is 5.90. The van der Waals surface area contributed by atoms with Crippen molar-refractivity contribution < 1.29 is 0 Å². The largest absolute Gasteiger partial charge is 0.398 e. The molecule has 0 fully saturated rings. The first-order chi connectivity index (χ1) is 7.16. The third-order valence-corrected chi connectivity index (χ3v) is 2.90.